The number of nitrogens with zero attached hydrogens (tertiary/aromatic N) is 2. The number of alkyl halides is 3. The maximum absolute atomic E-state index is 12.7. The van der Waals surface area contributed by atoms with Crippen LogP contribution >= 0.6 is 0 Å². The summed E-state index contributed by atoms with van der Waals surface area (Å²) in [4.78, 5) is 11.5. The zero-order valence-electron chi connectivity index (χ0n) is 16.0. The molecular weight excluding hydrogens is 341 g/mol. The SMILES string of the molecule is [2H]C(c1ccccc1OC([2H])([2H])c1ccnn1CC(F)(F)F)[C@@H](O)C(=O)OC. The minimum atomic E-state index is -4.62. The summed E-state index contributed by atoms with van der Waals surface area (Å²) in [5, 5.41) is 13.3. The first-order chi connectivity index (χ1) is 13.0. The summed E-state index contributed by atoms with van der Waals surface area (Å²) in [5.74, 6) is -1.30. The van der Waals surface area contributed by atoms with Gasteiger partial charge in [-0.15, -0.1) is 0 Å². The normalized spacial score (nSPS) is 16.3. The zero-order chi connectivity index (χ0) is 21.1. The number of esters is 1. The van der Waals surface area contributed by atoms with Crippen molar-refractivity contribution in [3.63, 3.8) is 0 Å². The van der Waals surface area contributed by atoms with Gasteiger partial charge in [0.2, 0.25) is 0 Å². The van der Waals surface area contributed by atoms with Crippen LogP contribution in [0, 0.1) is 0 Å². The summed E-state index contributed by atoms with van der Waals surface area (Å²) < 4.78 is 72.1. The van der Waals surface area contributed by atoms with E-state index in [9.17, 15) is 23.1 Å². The lowest BCUT2D eigenvalue weighted by molar-refractivity contribution is -0.150. The Morgan fingerprint density at radius 3 is 2.80 bits per heavy atom. The summed E-state index contributed by atoms with van der Waals surface area (Å²) in [6.07, 6.45) is -7.05. The quantitative estimate of drug-likeness (QED) is 0.765. The molecule has 2 rings (SSSR count). The Morgan fingerprint density at radius 1 is 1.40 bits per heavy atom. The Kier molecular flexibility index (Phi) is 4.73. The highest BCUT2D eigenvalue weighted by molar-refractivity contribution is 5.74. The van der Waals surface area contributed by atoms with E-state index in [0.29, 0.717) is 4.68 Å². The van der Waals surface area contributed by atoms with Gasteiger partial charge in [0.15, 0.2) is 6.10 Å². The summed E-state index contributed by atoms with van der Waals surface area (Å²) in [6.45, 7) is -4.25. The van der Waals surface area contributed by atoms with E-state index in [0.717, 1.165) is 19.4 Å². The summed E-state index contributed by atoms with van der Waals surface area (Å²) in [6, 6.07) is 6.54. The van der Waals surface area contributed by atoms with Gasteiger partial charge in [-0.2, -0.15) is 18.3 Å². The fourth-order valence-electron chi connectivity index (χ4n) is 1.89. The maximum Gasteiger partial charge on any atom is 0.408 e. The smallest absolute Gasteiger partial charge is 0.408 e. The number of hydrogen-bond acceptors (Lipinski definition) is 5. The van der Waals surface area contributed by atoms with Crippen molar-refractivity contribution in [2.75, 3.05) is 7.11 Å². The van der Waals surface area contributed by atoms with Gasteiger partial charge in [-0.05, 0) is 17.7 Å². The molecule has 6 nitrogen and oxygen atoms in total. The number of rotatable bonds is 7. The third kappa shape index (κ3) is 5.49. The molecule has 0 saturated carbocycles. The number of hydrogen-bond donors (Lipinski definition) is 1. The third-order valence-electron chi connectivity index (χ3n) is 3.01. The number of methoxy groups -OCH3 is 1. The Balaban J connectivity index is 2.33. The van der Waals surface area contributed by atoms with Crippen LogP contribution in [0.2, 0.25) is 0 Å². The van der Waals surface area contributed by atoms with Crippen LogP contribution in [0.15, 0.2) is 36.5 Å². The van der Waals surface area contributed by atoms with Crippen LogP contribution in [0.4, 0.5) is 13.2 Å². The van der Waals surface area contributed by atoms with E-state index in [1.165, 1.54) is 24.3 Å². The number of ether oxygens (including phenoxy) is 2. The molecule has 0 radical (unpaired) electrons. The number of carbonyl (C=O) groups excluding carboxylic acids is 1. The fourth-order valence-corrected chi connectivity index (χ4v) is 1.89. The molecule has 136 valence electrons. The molecule has 0 aliphatic carbocycles. The third-order valence-corrected chi connectivity index (χ3v) is 3.01. The highest BCUT2D eigenvalue weighted by Gasteiger charge is 2.29. The molecule has 1 aromatic heterocycles. The van der Waals surface area contributed by atoms with E-state index in [-0.39, 0.29) is 11.3 Å². The van der Waals surface area contributed by atoms with Gasteiger partial charge in [-0.25, -0.2) is 4.79 Å². The minimum Gasteiger partial charge on any atom is -0.487 e. The summed E-state index contributed by atoms with van der Waals surface area (Å²) in [7, 11) is 1.03. The molecule has 2 aromatic rings. The standard InChI is InChI=1S/C16H17F3N2O4/c1-24-15(23)13(22)8-11-4-2-3-5-14(11)25-9-12-6-7-20-21(12)10-16(17,18)19/h2-7,13,22H,8-10H2,1H3/t13-/m1/s1/i8D,9D2/t8?,13-. The largest absolute Gasteiger partial charge is 0.487 e. The van der Waals surface area contributed by atoms with Crippen LogP contribution in [0.3, 0.4) is 0 Å². The van der Waals surface area contributed by atoms with E-state index in [1.807, 2.05) is 0 Å². The monoisotopic (exact) mass is 361 g/mol. The number of aliphatic hydroxyl groups is 1. The highest BCUT2D eigenvalue weighted by Crippen LogP contribution is 2.22. The maximum atomic E-state index is 12.7. The second-order valence-electron chi connectivity index (χ2n) is 4.87. The van der Waals surface area contributed by atoms with Gasteiger partial charge in [-0.3, -0.25) is 4.68 Å². The molecule has 1 N–H and O–H groups in total. The molecule has 0 aliphatic heterocycles. The lowest BCUT2D eigenvalue weighted by Gasteiger charge is -2.15. The first-order valence-corrected chi connectivity index (χ1v) is 7.01. The van der Waals surface area contributed by atoms with Crippen LogP contribution in [0.25, 0.3) is 0 Å². The van der Waals surface area contributed by atoms with E-state index in [2.05, 4.69) is 9.84 Å². The molecule has 0 aliphatic rings. The summed E-state index contributed by atoms with van der Waals surface area (Å²) in [5.41, 5.74) is -0.541. The van der Waals surface area contributed by atoms with Gasteiger partial charge in [-0.1, -0.05) is 18.2 Å². The molecule has 1 aromatic carbocycles. The number of para-hydroxylation sites is 1. The predicted octanol–water partition coefficient (Wildman–Crippen LogP) is 2.10. The Morgan fingerprint density at radius 2 is 2.12 bits per heavy atom. The van der Waals surface area contributed by atoms with Crippen molar-refractivity contribution in [3.05, 3.63) is 47.8 Å². The molecule has 0 bridgehead atoms. The van der Waals surface area contributed by atoms with Crippen molar-refractivity contribution in [2.24, 2.45) is 0 Å². The first-order valence-electron chi connectivity index (χ1n) is 8.59. The molecular formula is C16H17F3N2O4. The van der Waals surface area contributed by atoms with Crippen LogP contribution in [-0.2, 0) is 29.0 Å². The van der Waals surface area contributed by atoms with Gasteiger partial charge in [0.1, 0.15) is 18.9 Å². The van der Waals surface area contributed by atoms with Gasteiger partial charge in [0, 0.05) is 14.0 Å². The van der Waals surface area contributed by atoms with E-state index in [4.69, 9.17) is 8.85 Å². The number of benzene rings is 1. The Labute approximate surface area is 146 Å². The zero-order valence-corrected chi connectivity index (χ0v) is 13.0. The molecule has 0 fully saturated rings. The molecule has 0 amide bonds. The average molecular weight is 361 g/mol. The molecule has 2 atom stereocenters. The fraction of sp³-hybridized carbons (Fsp3) is 0.375. The van der Waals surface area contributed by atoms with Crippen molar-refractivity contribution in [1.29, 1.82) is 0 Å². The second-order valence-corrected chi connectivity index (χ2v) is 4.87. The topological polar surface area (TPSA) is 73.6 Å². The molecule has 1 unspecified atom stereocenters. The van der Waals surface area contributed by atoms with Crippen molar-refractivity contribution in [2.45, 2.75) is 31.8 Å². The Bertz CT molecular complexity index is 829. The van der Waals surface area contributed by atoms with Crippen molar-refractivity contribution < 1.29 is 36.7 Å². The van der Waals surface area contributed by atoms with Crippen LogP contribution < -0.4 is 4.74 Å². The van der Waals surface area contributed by atoms with E-state index >= 15 is 0 Å². The molecule has 25 heavy (non-hydrogen) atoms. The second kappa shape index (κ2) is 8.02. The van der Waals surface area contributed by atoms with E-state index < -0.39 is 43.4 Å². The average Bonchev–Trinajstić information content (AvgIpc) is 3.07. The lowest BCUT2D eigenvalue weighted by Crippen LogP contribution is -2.24. The first kappa shape index (κ1) is 14.8. The van der Waals surface area contributed by atoms with Gasteiger partial charge in [0.05, 0.1) is 15.5 Å². The lowest BCUT2D eigenvalue weighted by atomic mass is 10.1. The van der Waals surface area contributed by atoms with Gasteiger partial charge >= 0.3 is 12.1 Å². The number of aromatic nitrogens is 2. The number of halogens is 3. The van der Waals surface area contributed by atoms with Crippen LogP contribution in [0.5, 0.6) is 5.75 Å². The molecule has 0 saturated heterocycles. The van der Waals surface area contributed by atoms with Gasteiger partial charge < -0.3 is 14.6 Å². The number of carbonyl (C=O) groups is 1. The molecule has 0 spiro atoms. The van der Waals surface area contributed by atoms with Crippen LogP contribution in [0.1, 0.15) is 15.4 Å². The van der Waals surface area contributed by atoms with Crippen molar-refractivity contribution in [3.8, 4) is 5.75 Å². The van der Waals surface area contributed by atoms with Crippen LogP contribution in [-0.4, -0.2) is 40.2 Å². The molecule has 1 heterocycles. The minimum absolute atomic E-state index is 0.0499. The molecule has 9 heteroatoms. The van der Waals surface area contributed by atoms with Crippen molar-refractivity contribution in [1.82, 2.24) is 9.78 Å². The van der Waals surface area contributed by atoms with E-state index in [1.54, 1.807) is 0 Å². The van der Waals surface area contributed by atoms with Crippen molar-refractivity contribution >= 4 is 5.97 Å². The Hall–Kier alpha value is -2.55. The highest BCUT2D eigenvalue weighted by atomic mass is 19.4. The van der Waals surface area contributed by atoms with Gasteiger partial charge in [0.25, 0.3) is 0 Å². The summed E-state index contributed by atoms with van der Waals surface area (Å²) >= 11 is 0. The number of aliphatic hydroxyl groups excluding tert-OH is 1. The predicted molar refractivity (Wildman–Crippen MR) is 80.8 cm³/mol.